The molecular weight excluding hydrogens is 490 g/mol. The fourth-order valence-corrected chi connectivity index (χ4v) is 6.00. The van der Waals surface area contributed by atoms with Gasteiger partial charge in [0.05, 0.1) is 5.69 Å². The van der Waals surface area contributed by atoms with Crippen molar-refractivity contribution in [3.8, 4) is 0 Å². The molecule has 1 aromatic carbocycles. The predicted molar refractivity (Wildman–Crippen MR) is 173 cm³/mol. The third-order valence-electron chi connectivity index (χ3n) is 8.64. The zero-order valence-electron chi connectivity index (χ0n) is 26.5. The van der Waals surface area contributed by atoms with Gasteiger partial charge in [-0.25, -0.2) is 4.90 Å². The van der Waals surface area contributed by atoms with Crippen molar-refractivity contribution < 1.29 is 9.59 Å². The first kappa shape index (κ1) is 34.3. The number of carbonyl (C=O) groups is 2. The van der Waals surface area contributed by atoms with Crippen LogP contribution in [0.3, 0.4) is 0 Å². The molecule has 0 saturated carbocycles. The van der Waals surface area contributed by atoms with Crippen LogP contribution in [0.5, 0.6) is 0 Å². The van der Waals surface area contributed by atoms with Gasteiger partial charge >= 0.3 is 0 Å². The van der Waals surface area contributed by atoms with Crippen molar-refractivity contribution >= 4 is 17.5 Å². The number of imide groups is 1. The second-order valence-corrected chi connectivity index (χ2v) is 12.3. The number of rotatable bonds is 25. The largest absolute Gasteiger partial charge is 0.269 e. The topological polar surface area (TPSA) is 37.4 Å². The fourth-order valence-electron chi connectivity index (χ4n) is 6.00. The lowest BCUT2D eigenvalue weighted by molar-refractivity contribution is -0.120. The zero-order valence-corrected chi connectivity index (χ0v) is 26.5. The summed E-state index contributed by atoms with van der Waals surface area (Å²) in [6.45, 7) is 6.57. The maximum Gasteiger partial charge on any atom is 0.261 e. The van der Waals surface area contributed by atoms with Crippen molar-refractivity contribution in [1.29, 1.82) is 0 Å². The molecule has 3 nitrogen and oxygen atoms in total. The van der Waals surface area contributed by atoms with Crippen LogP contribution in [0.15, 0.2) is 35.4 Å². The van der Waals surface area contributed by atoms with E-state index in [4.69, 9.17) is 0 Å². The van der Waals surface area contributed by atoms with Crippen LogP contribution >= 0.6 is 0 Å². The predicted octanol–water partition coefficient (Wildman–Crippen LogP) is 11.6. The Bertz CT molecular complexity index is 805. The molecule has 1 heterocycles. The first-order valence-electron chi connectivity index (χ1n) is 17.3. The number of amides is 2. The maximum atomic E-state index is 13.5. The van der Waals surface area contributed by atoms with Crippen LogP contribution in [-0.2, 0) is 9.59 Å². The quantitative estimate of drug-likeness (QED) is 0.0895. The van der Waals surface area contributed by atoms with Crippen molar-refractivity contribution in [2.45, 2.75) is 175 Å². The summed E-state index contributed by atoms with van der Waals surface area (Å²) in [7, 11) is 0. The van der Waals surface area contributed by atoms with Gasteiger partial charge in [-0.3, -0.25) is 9.59 Å². The molecule has 40 heavy (non-hydrogen) atoms. The standard InChI is InChI=1S/C37H61NO2/c1-4-6-8-10-12-14-16-18-20-22-24-26-34-35(27-25-23-21-19-17-15-13-11-9-7-5-2)37(40)38(36(34)39)33-30-28-32(3)29-31-33/h28-31H,4-27H2,1-3H3. The molecule has 0 aliphatic carbocycles. The van der Waals surface area contributed by atoms with Crippen LogP contribution in [0.4, 0.5) is 5.69 Å². The Morgan fingerprint density at radius 2 is 0.750 bits per heavy atom. The minimum atomic E-state index is -0.0704. The Hall–Kier alpha value is -1.90. The van der Waals surface area contributed by atoms with Crippen LogP contribution in [-0.4, -0.2) is 11.8 Å². The summed E-state index contributed by atoms with van der Waals surface area (Å²) in [6.07, 6.45) is 29.9. The van der Waals surface area contributed by atoms with Crippen molar-refractivity contribution in [3.63, 3.8) is 0 Å². The summed E-state index contributed by atoms with van der Waals surface area (Å²) in [5.41, 5.74) is 3.45. The van der Waals surface area contributed by atoms with Crippen molar-refractivity contribution in [2.75, 3.05) is 4.90 Å². The monoisotopic (exact) mass is 551 g/mol. The highest BCUT2D eigenvalue weighted by Crippen LogP contribution is 2.33. The molecule has 0 unspecified atom stereocenters. The Balaban J connectivity index is 1.78. The van der Waals surface area contributed by atoms with Gasteiger partial charge < -0.3 is 0 Å². The van der Waals surface area contributed by atoms with E-state index in [-0.39, 0.29) is 11.8 Å². The lowest BCUT2D eigenvalue weighted by Crippen LogP contribution is -2.31. The maximum absolute atomic E-state index is 13.5. The minimum absolute atomic E-state index is 0.0704. The highest BCUT2D eigenvalue weighted by molar-refractivity contribution is 6.32. The number of benzene rings is 1. The Labute approximate surface area is 247 Å². The molecule has 0 aromatic heterocycles. The molecular formula is C37H61NO2. The molecule has 0 spiro atoms. The van der Waals surface area contributed by atoms with Gasteiger partial charge in [0.1, 0.15) is 0 Å². The summed E-state index contributed by atoms with van der Waals surface area (Å²) < 4.78 is 0. The highest BCUT2D eigenvalue weighted by Gasteiger charge is 2.38. The third kappa shape index (κ3) is 13.2. The van der Waals surface area contributed by atoms with Gasteiger partial charge in [-0.1, -0.05) is 160 Å². The number of unbranched alkanes of at least 4 members (excludes halogenated alkanes) is 20. The average Bonchev–Trinajstić information content (AvgIpc) is 3.19. The highest BCUT2D eigenvalue weighted by atomic mass is 16.2. The van der Waals surface area contributed by atoms with Crippen molar-refractivity contribution in [1.82, 2.24) is 0 Å². The first-order valence-corrected chi connectivity index (χ1v) is 17.3. The number of hydrogen-bond donors (Lipinski definition) is 0. The molecule has 1 aliphatic rings. The second kappa shape index (κ2) is 21.8. The number of hydrogen-bond acceptors (Lipinski definition) is 2. The van der Waals surface area contributed by atoms with E-state index in [2.05, 4.69) is 13.8 Å². The summed E-state index contributed by atoms with van der Waals surface area (Å²) in [4.78, 5) is 28.4. The molecule has 226 valence electrons. The zero-order chi connectivity index (χ0) is 28.8. The third-order valence-corrected chi connectivity index (χ3v) is 8.64. The average molecular weight is 552 g/mol. The Morgan fingerprint density at radius 1 is 0.450 bits per heavy atom. The van der Waals surface area contributed by atoms with Crippen LogP contribution in [0.25, 0.3) is 0 Å². The summed E-state index contributed by atoms with van der Waals surface area (Å²) in [5, 5.41) is 0. The van der Waals surface area contributed by atoms with E-state index in [0.717, 1.165) is 55.2 Å². The number of anilines is 1. The van der Waals surface area contributed by atoms with Crippen molar-refractivity contribution in [3.05, 3.63) is 41.0 Å². The smallest absolute Gasteiger partial charge is 0.261 e. The second-order valence-electron chi connectivity index (χ2n) is 12.3. The first-order chi connectivity index (χ1) is 19.6. The lowest BCUT2D eigenvalue weighted by Gasteiger charge is -2.15. The molecule has 1 aliphatic heterocycles. The van der Waals surface area contributed by atoms with Gasteiger partial charge in [-0.2, -0.15) is 0 Å². The number of aryl methyl sites for hydroxylation is 1. The van der Waals surface area contributed by atoms with Gasteiger partial charge in [0, 0.05) is 11.1 Å². The van der Waals surface area contributed by atoms with E-state index >= 15 is 0 Å². The van der Waals surface area contributed by atoms with E-state index in [9.17, 15) is 9.59 Å². The summed E-state index contributed by atoms with van der Waals surface area (Å²) >= 11 is 0. The molecule has 2 amide bonds. The SMILES string of the molecule is CCCCCCCCCCCCCC1=C(CCCCCCCCCCCCC)C(=O)N(c2ccc(C)cc2)C1=O. The fraction of sp³-hybridized carbons (Fsp3) is 0.730. The molecule has 0 fully saturated rings. The number of carbonyl (C=O) groups excluding carboxylic acids is 2. The van der Waals surface area contributed by atoms with Gasteiger partial charge in [0.15, 0.2) is 0 Å². The normalized spacial score (nSPS) is 13.7. The Kier molecular flexibility index (Phi) is 18.7. The lowest BCUT2D eigenvalue weighted by atomic mass is 9.97. The summed E-state index contributed by atoms with van der Waals surface area (Å²) in [5.74, 6) is -0.141. The van der Waals surface area contributed by atoms with Gasteiger partial charge in [-0.15, -0.1) is 0 Å². The molecule has 0 atom stereocenters. The Morgan fingerprint density at radius 3 is 1.07 bits per heavy atom. The van der Waals surface area contributed by atoms with Crippen LogP contribution in [0.1, 0.15) is 174 Å². The van der Waals surface area contributed by atoms with Crippen LogP contribution in [0, 0.1) is 6.92 Å². The minimum Gasteiger partial charge on any atom is -0.269 e. The molecule has 0 N–H and O–H groups in total. The van der Waals surface area contributed by atoms with Crippen molar-refractivity contribution in [2.24, 2.45) is 0 Å². The van der Waals surface area contributed by atoms with Gasteiger partial charge in [0.2, 0.25) is 0 Å². The molecule has 3 heteroatoms. The number of nitrogens with zero attached hydrogens (tertiary/aromatic N) is 1. The molecule has 2 rings (SSSR count). The van der Waals surface area contributed by atoms with Gasteiger partial charge in [0.25, 0.3) is 11.8 Å². The molecule has 0 radical (unpaired) electrons. The van der Waals surface area contributed by atoms with E-state index in [1.165, 1.54) is 120 Å². The summed E-state index contributed by atoms with van der Waals surface area (Å²) in [6, 6.07) is 7.80. The molecule has 1 aromatic rings. The molecule has 0 saturated heterocycles. The van der Waals surface area contributed by atoms with E-state index in [1.807, 2.05) is 31.2 Å². The van der Waals surface area contributed by atoms with E-state index in [0.29, 0.717) is 5.69 Å². The van der Waals surface area contributed by atoms with Crippen LogP contribution in [0.2, 0.25) is 0 Å². The molecule has 0 bridgehead atoms. The van der Waals surface area contributed by atoms with E-state index < -0.39 is 0 Å². The van der Waals surface area contributed by atoms with Gasteiger partial charge in [-0.05, 0) is 44.7 Å². The van der Waals surface area contributed by atoms with E-state index in [1.54, 1.807) is 0 Å². The van der Waals surface area contributed by atoms with Crippen LogP contribution < -0.4 is 4.90 Å².